The highest BCUT2D eigenvalue weighted by atomic mass is 32.2. The van der Waals surface area contributed by atoms with Crippen LogP contribution in [0.15, 0.2) is 45.5 Å². The van der Waals surface area contributed by atoms with E-state index in [1.54, 1.807) is 24.0 Å². The molecule has 0 saturated carbocycles. The lowest BCUT2D eigenvalue weighted by molar-refractivity contribution is -0.385. The lowest BCUT2D eigenvalue weighted by Crippen LogP contribution is -2.28. The number of nitro groups is 1. The van der Waals surface area contributed by atoms with Crippen LogP contribution in [0.1, 0.15) is 12.8 Å². The second-order valence-electron chi connectivity index (χ2n) is 5.42. The summed E-state index contributed by atoms with van der Waals surface area (Å²) in [6.45, 7) is 0.884. The van der Waals surface area contributed by atoms with E-state index < -0.39 is 14.9 Å². The third kappa shape index (κ3) is 3.17. The van der Waals surface area contributed by atoms with Gasteiger partial charge in [-0.3, -0.25) is 10.1 Å². The summed E-state index contributed by atoms with van der Waals surface area (Å²) in [7, 11) is -1.97. The van der Waals surface area contributed by atoms with Crippen molar-refractivity contribution in [1.82, 2.24) is 13.9 Å². The van der Waals surface area contributed by atoms with Crippen LogP contribution >= 0.6 is 11.8 Å². The largest absolute Gasteiger partial charge is 0.329 e. The van der Waals surface area contributed by atoms with Crippen molar-refractivity contribution in [2.24, 2.45) is 7.05 Å². The molecule has 0 amide bonds. The first kappa shape index (κ1) is 16.9. The Labute approximate surface area is 143 Å². The maximum absolute atomic E-state index is 12.9. The minimum Gasteiger partial charge on any atom is -0.329 e. The summed E-state index contributed by atoms with van der Waals surface area (Å²) >= 11 is 1.18. The number of nitro benzene ring substituents is 1. The Hall–Kier alpha value is -1.91. The molecule has 24 heavy (non-hydrogen) atoms. The molecule has 3 rings (SSSR count). The first-order valence-corrected chi connectivity index (χ1v) is 9.59. The zero-order valence-electron chi connectivity index (χ0n) is 13.0. The van der Waals surface area contributed by atoms with E-state index in [0.717, 1.165) is 18.9 Å². The number of non-ortho nitro benzene ring substituents is 1. The van der Waals surface area contributed by atoms with E-state index in [0.29, 0.717) is 23.1 Å². The number of aryl methyl sites for hydroxylation is 1. The molecule has 1 aromatic heterocycles. The highest BCUT2D eigenvalue weighted by Gasteiger charge is 2.31. The molecule has 2 heterocycles. The summed E-state index contributed by atoms with van der Waals surface area (Å²) in [6, 6.07) is 3.92. The van der Waals surface area contributed by atoms with Crippen molar-refractivity contribution in [3.05, 3.63) is 40.7 Å². The standard InChI is InChI=1S/C14H16N4O4S2/c1-16-9-6-15-14(16)23-12-5-4-11(18(19)20)10-13(12)24(21,22)17-7-2-3-8-17/h4-6,9-10H,2-3,7-8H2,1H3. The number of hydrogen-bond donors (Lipinski definition) is 0. The molecule has 1 saturated heterocycles. The van der Waals surface area contributed by atoms with E-state index in [1.807, 2.05) is 0 Å². The van der Waals surface area contributed by atoms with E-state index in [2.05, 4.69) is 4.98 Å². The summed E-state index contributed by atoms with van der Waals surface area (Å²) in [5.74, 6) is 0. The van der Waals surface area contributed by atoms with Crippen LogP contribution in [0.3, 0.4) is 0 Å². The number of aromatic nitrogens is 2. The van der Waals surface area contributed by atoms with Crippen LogP contribution in [0.5, 0.6) is 0 Å². The molecular formula is C14H16N4O4S2. The molecule has 1 fully saturated rings. The zero-order chi connectivity index (χ0) is 17.3. The SMILES string of the molecule is Cn1ccnc1Sc1ccc([N+](=O)[O-])cc1S(=O)(=O)N1CCCC1. The van der Waals surface area contributed by atoms with Gasteiger partial charge >= 0.3 is 0 Å². The molecule has 1 aromatic carbocycles. The molecule has 0 N–H and O–H groups in total. The first-order valence-electron chi connectivity index (χ1n) is 7.33. The van der Waals surface area contributed by atoms with Gasteiger partial charge in [-0.05, 0) is 18.9 Å². The molecule has 0 radical (unpaired) electrons. The molecule has 8 nitrogen and oxygen atoms in total. The molecule has 128 valence electrons. The Morgan fingerprint density at radius 3 is 2.58 bits per heavy atom. The van der Waals surface area contributed by atoms with Gasteiger partial charge in [0.25, 0.3) is 5.69 Å². The van der Waals surface area contributed by atoms with Gasteiger partial charge in [0.1, 0.15) is 4.90 Å². The van der Waals surface area contributed by atoms with Gasteiger partial charge in [0.2, 0.25) is 10.0 Å². The second kappa shape index (κ2) is 6.54. The Balaban J connectivity index is 2.08. The fourth-order valence-corrected chi connectivity index (χ4v) is 5.37. The van der Waals surface area contributed by atoms with Crippen LogP contribution in [0.4, 0.5) is 5.69 Å². The number of benzene rings is 1. The predicted molar refractivity (Wildman–Crippen MR) is 88.4 cm³/mol. The first-order chi connectivity index (χ1) is 11.4. The van der Waals surface area contributed by atoms with Gasteiger partial charge in [-0.15, -0.1) is 0 Å². The highest BCUT2D eigenvalue weighted by Crippen LogP contribution is 2.36. The van der Waals surface area contributed by atoms with Gasteiger partial charge < -0.3 is 4.57 Å². The molecule has 2 aromatic rings. The van der Waals surface area contributed by atoms with Gasteiger partial charge in [-0.25, -0.2) is 13.4 Å². The maximum Gasteiger partial charge on any atom is 0.270 e. The maximum atomic E-state index is 12.9. The minimum atomic E-state index is -3.77. The zero-order valence-corrected chi connectivity index (χ0v) is 14.6. The fourth-order valence-electron chi connectivity index (χ4n) is 2.51. The van der Waals surface area contributed by atoms with Gasteiger partial charge in [-0.2, -0.15) is 4.31 Å². The Kier molecular flexibility index (Phi) is 4.61. The summed E-state index contributed by atoms with van der Waals surface area (Å²) in [5.41, 5.74) is -0.239. The van der Waals surface area contributed by atoms with Crippen LogP contribution in [0.25, 0.3) is 0 Å². The van der Waals surface area contributed by atoms with Crippen molar-refractivity contribution in [3.63, 3.8) is 0 Å². The van der Waals surface area contributed by atoms with Crippen LogP contribution in [0.2, 0.25) is 0 Å². The molecule has 10 heteroatoms. The van der Waals surface area contributed by atoms with Gasteiger partial charge in [0.15, 0.2) is 5.16 Å². The summed E-state index contributed by atoms with van der Waals surface area (Å²) in [5, 5.41) is 11.7. The van der Waals surface area contributed by atoms with E-state index >= 15 is 0 Å². The number of hydrogen-bond acceptors (Lipinski definition) is 6. The molecule has 1 aliphatic rings. The fraction of sp³-hybridized carbons (Fsp3) is 0.357. The van der Waals surface area contributed by atoms with Gasteiger partial charge in [0, 0.05) is 49.6 Å². The van der Waals surface area contributed by atoms with E-state index in [1.165, 1.54) is 28.2 Å². The summed E-state index contributed by atoms with van der Waals surface area (Å²) in [4.78, 5) is 15.0. The molecular weight excluding hydrogens is 352 g/mol. The van der Waals surface area contributed by atoms with Crippen LogP contribution in [-0.4, -0.2) is 40.3 Å². The normalized spacial score (nSPS) is 15.7. The Bertz CT molecular complexity index is 873. The number of sulfonamides is 1. The van der Waals surface area contributed by atoms with Crippen molar-refractivity contribution in [1.29, 1.82) is 0 Å². The van der Waals surface area contributed by atoms with Crippen molar-refractivity contribution < 1.29 is 13.3 Å². The van der Waals surface area contributed by atoms with Gasteiger partial charge in [-0.1, -0.05) is 11.8 Å². The Morgan fingerprint density at radius 1 is 1.29 bits per heavy atom. The number of imidazole rings is 1. The van der Waals surface area contributed by atoms with Crippen molar-refractivity contribution in [2.75, 3.05) is 13.1 Å². The minimum absolute atomic E-state index is 0.0356. The van der Waals surface area contributed by atoms with Gasteiger partial charge in [0.05, 0.1) is 4.92 Å². The average molecular weight is 368 g/mol. The number of rotatable bonds is 5. The predicted octanol–water partition coefficient (Wildman–Crippen LogP) is 2.26. The Morgan fingerprint density at radius 2 is 2.00 bits per heavy atom. The molecule has 0 bridgehead atoms. The topological polar surface area (TPSA) is 98.3 Å². The molecule has 1 aliphatic heterocycles. The molecule has 0 spiro atoms. The highest BCUT2D eigenvalue weighted by molar-refractivity contribution is 8.00. The van der Waals surface area contributed by atoms with E-state index in [-0.39, 0.29) is 10.6 Å². The third-order valence-corrected chi connectivity index (χ3v) is 7.02. The van der Waals surface area contributed by atoms with E-state index in [4.69, 9.17) is 0 Å². The van der Waals surface area contributed by atoms with Crippen molar-refractivity contribution in [3.8, 4) is 0 Å². The summed E-state index contributed by atoms with van der Waals surface area (Å²) < 4.78 is 29.0. The second-order valence-corrected chi connectivity index (χ2v) is 8.34. The van der Waals surface area contributed by atoms with Crippen LogP contribution in [0, 0.1) is 10.1 Å². The lowest BCUT2D eigenvalue weighted by atomic mass is 10.3. The molecule has 0 aliphatic carbocycles. The lowest BCUT2D eigenvalue weighted by Gasteiger charge is -2.17. The van der Waals surface area contributed by atoms with Crippen molar-refractivity contribution in [2.45, 2.75) is 27.8 Å². The van der Waals surface area contributed by atoms with E-state index in [9.17, 15) is 18.5 Å². The van der Waals surface area contributed by atoms with Crippen molar-refractivity contribution >= 4 is 27.5 Å². The number of nitrogens with zero attached hydrogens (tertiary/aromatic N) is 4. The summed E-state index contributed by atoms with van der Waals surface area (Å²) in [6.07, 6.45) is 4.97. The molecule has 0 unspecified atom stereocenters. The third-order valence-electron chi connectivity index (χ3n) is 3.80. The monoisotopic (exact) mass is 368 g/mol. The van der Waals surface area contributed by atoms with Crippen LogP contribution < -0.4 is 0 Å². The molecule has 0 atom stereocenters. The quantitative estimate of drug-likeness (QED) is 0.593. The van der Waals surface area contributed by atoms with Crippen LogP contribution in [-0.2, 0) is 17.1 Å². The average Bonchev–Trinajstić information content (AvgIpc) is 3.20. The smallest absolute Gasteiger partial charge is 0.270 e.